The summed E-state index contributed by atoms with van der Waals surface area (Å²) in [5, 5.41) is 12.8. The first kappa shape index (κ1) is 16.0. The number of benzene rings is 1. The molecule has 0 radical (unpaired) electrons. The molecular weight excluding hydrogens is 296 g/mol. The predicted octanol–water partition coefficient (Wildman–Crippen LogP) is -0.343. The van der Waals surface area contributed by atoms with Crippen molar-refractivity contribution in [2.75, 3.05) is 34.4 Å². The highest BCUT2D eigenvalue weighted by Gasteiger charge is 2.37. The van der Waals surface area contributed by atoms with Crippen molar-refractivity contribution in [1.82, 2.24) is 9.62 Å². The molecule has 7 nitrogen and oxygen atoms in total. The van der Waals surface area contributed by atoms with Crippen LogP contribution in [0.15, 0.2) is 23.1 Å². The van der Waals surface area contributed by atoms with E-state index in [0.717, 1.165) is 0 Å². The SMILES string of the molecule is COc1ccc(OC)c(S(=O)(=O)N(C)[C@@H]2CNC[C@H]2O)c1. The average Bonchev–Trinajstić information content (AvgIpc) is 2.91. The first-order valence-electron chi connectivity index (χ1n) is 6.50. The van der Waals surface area contributed by atoms with Gasteiger partial charge < -0.3 is 19.9 Å². The van der Waals surface area contributed by atoms with E-state index in [0.29, 0.717) is 18.8 Å². The third-order valence-corrected chi connectivity index (χ3v) is 5.55. The Morgan fingerprint density at radius 3 is 2.52 bits per heavy atom. The van der Waals surface area contributed by atoms with Gasteiger partial charge in [-0.1, -0.05) is 0 Å². The highest BCUT2D eigenvalue weighted by Crippen LogP contribution is 2.31. The molecule has 21 heavy (non-hydrogen) atoms. The average molecular weight is 316 g/mol. The number of rotatable bonds is 5. The molecule has 8 heteroatoms. The standard InChI is InChI=1S/C13H20N2O5S/c1-15(10-7-14-8-11(10)16)21(17,18)13-6-9(19-2)4-5-12(13)20-3/h4-6,10-11,14,16H,7-8H2,1-3H3/t10-,11-/m1/s1. The smallest absolute Gasteiger partial charge is 0.247 e. The van der Waals surface area contributed by atoms with E-state index in [4.69, 9.17) is 9.47 Å². The quantitative estimate of drug-likeness (QED) is 0.772. The monoisotopic (exact) mass is 316 g/mol. The number of aliphatic hydroxyl groups is 1. The summed E-state index contributed by atoms with van der Waals surface area (Å²) in [4.78, 5) is 0.0194. The van der Waals surface area contributed by atoms with Crippen LogP contribution in [0.25, 0.3) is 0 Å². The van der Waals surface area contributed by atoms with Crippen LogP contribution in [-0.2, 0) is 10.0 Å². The van der Waals surface area contributed by atoms with Gasteiger partial charge in [-0.25, -0.2) is 8.42 Å². The van der Waals surface area contributed by atoms with E-state index in [2.05, 4.69) is 5.32 Å². The van der Waals surface area contributed by atoms with Gasteiger partial charge in [-0.3, -0.25) is 0 Å². The molecule has 1 aliphatic heterocycles. The van der Waals surface area contributed by atoms with Crippen molar-refractivity contribution in [2.24, 2.45) is 0 Å². The molecule has 1 saturated heterocycles. The molecule has 0 aliphatic carbocycles. The second-order valence-electron chi connectivity index (χ2n) is 4.83. The van der Waals surface area contributed by atoms with Gasteiger partial charge in [0, 0.05) is 26.2 Å². The fourth-order valence-corrected chi connectivity index (χ4v) is 3.89. The number of sulfonamides is 1. The van der Waals surface area contributed by atoms with Crippen LogP contribution >= 0.6 is 0 Å². The van der Waals surface area contributed by atoms with E-state index in [9.17, 15) is 13.5 Å². The fraction of sp³-hybridized carbons (Fsp3) is 0.538. The highest BCUT2D eigenvalue weighted by atomic mass is 32.2. The molecule has 2 atom stereocenters. The number of nitrogens with one attached hydrogen (secondary N) is 1. The Morgan fingerprint density at radius 2 is 2.00 bits per heavy atom. The van der Waals surface area contributed by atoms with Gasteiger partial charge in [0.15, 0.2) is 0 Å². The zero-order valence-corrected chi connectivity index (χ0v) is 13.1. The maximum Gasteiger partial charge on any atom is 0.247 e. The van der Waals surface area contributed by atoms with Crippen molar-refractivity contribution in [1.29, 1.82) is 0 Å². The summed E-state index contributed by atoms with van der Waals surface area (Å²) in [5.41, 5.74) is 0. The number of β-amino-alcohol motifs (C(OH)–C–C–N with tert-alkyl or cyclic N) is 1. The van der Waals surface area contributed by atoms with Crippen molar-refractivity contribution in [3.8, 4) is 11.5 Å². The molecule has 2 rings (SSSR count). The molecule has 1 fully saturated rings. The topological polar surface area (TPSA) is 88.1 Å². The number of methoxy groups -OCH3 is 2. The van der Waals surface area contributed by atoms with Gasteiger partial charge in [-0.15, -0.1) is 0 Å². The number of aliphatic hydroxyl groups excluding tert-OH is 1. The van der Waals surface area contributed by atoms with Crippen molar-refractivity contribution in [3.63, 3.8) is 0 Å². The fourth-order valence-electron chi connectivity index (χ4n) is 2.34. The molecule has 1 aromatic carbocycles. The van der Waals surface area contributed by atoms with Crippen LogP contribution in [0.2, 0.25) is 0 Å². The minimum atomic E-state index is -3.80. The van der Waals surface area contributed by atoms with Crippen LogP contribution < -0.4 is 14.8 Å². The van der Waals surface area contributed by atoms with Gasteiger partial charge in [0.1, 0.15) is 16.4 Å². The molecule has 0 aromatic heterocycles. The largest absolute Gasteiger partial charge is 0.497 e. The number of hydrogen-bond donors (Lipinski definition) is 2. The van der Waals surface area contributed by atoms with Crippen molar-refractivity contribution < 1.29 is 23.0 Å². The zero-order chi connectivity index (χ0) is 15.6. The maximum absolute atomic E-state index is 12.8. The van der Waals surface area contributed by atoms with Gasteiger partial charge in [0.2, 0.25) is 10.0 Å². The Hall–Kier alpha value is -1.35. The number of ether oxygens (including phenoxy) is 2. The third-order valence-electron chi connectivity index (χ3n) is 3.65. The minimum Gasteiger partial charge on any atom is -0.497 e. The molecule has 118 valence electrons. The zero-order valence-electron chi connectivity index (χ0n) is 12.2. The molecule has 0 amide bonds. The van der Waals surface area contributed by atoms with E-state index < -0.39 is 22.2 Å². The first-order chi connectivity index (χ1) is 9.91. The summed E-state index contributed by atoms with van der Waals surface area (Å²) < 4.78 is 36.9. The second-order valence-corrected chi connectivity index (χ2v) is 6.80. The molecule has 1 aromatic rings. The third kappa shape index (κ3) is 2.98. The van der Waals surface area contributed by atoms with Gasteiger partial charge in [0.05, 0.1) is 26.4 Å². The lowest BCUT2D eigenvalue weighted by Crippen LogP contribution is -2.44. The first-order valence-corrected chi connectivity index (χ1v) is 7.94. The summed E-state index contributed by atoms with van der Waals surface area (Å²) in [7, 11) is 0.526. The summed E-state index contributed by atoms with van der Waals surface area (Å²) in [6.45, 7) is 0.781. The van der Waals surface area contributed by atoms with Crippen molar-refractivity contribution >= 4 is 10.0 Å². The van der Waals surface area contributed by atoms with E-state index in [1.165, 1.54) is 31.6 Å². The van der Waals surface area contributed by atoms with Gasteiger partial charge >= 0.3 is 0 Å². The normalized spacial score (nSPS) is 22.5. The van der Waals surface area contributed by atoms with Crippen LogP contribution in [-0.4, -0.2) is 64.3 Å². The molecule has 0 saturated carbocycles. The second kappa shape index (κ2) is 6.18. The van der Waals surface area contributed by atoms with Gasteiger partial charge in [-0.2, -0.15) is 4.31 Å². The van der Waals surface area contributed by atoms with E-state index in [1.54, 1.807) is 12.1 Å². The molecule has 1 heterocycles. The van der Waals surface area contributed by atoms with E-state index in [1.807, 2.05) is 0 Å². The molecule has 0 spiro atoms. The predicted molar refractivity (Wildman–Crippen MR) is 77.2 cm³/mol. The van der Waals surface area contributed by atoms with Crippen LogP contribution in [0, 0.1) is 0 Å². The Balaban J connectivity index is 2.43. The van der Waals surface area contributed by atoms with Crippen molar-refractivity contribution in [2.45, 2.75) is 17.0 Å². The van der Waals surface area contributed by atoms with Crippen molar-refractivity contribution in [3.05, 3.63) is 18.2 Å². The van der Waals surface area contributed by atoms with E-state index >= 15 is 0 Å². The summed E-state index contributed by atoms with van der Waals surface area (Å²) in [6, 6.07) is 4.08. The van der Waals surface area contributed by atoms with Crippen LogP contribution in [0.5, 0.6) is 11.5 Å². The highest BCUT2D eigenvalue weighted by molar-refractivity contribution is 7.89. The summed E-state index contributed by atoms with van der Waals surface area (Å²) >= 11 is 0. The minimum absolute atomic E-state index is 0.0194. The van der Waals surface area contributed by atoms with Gasteiger partial charge in [-0.05, 0) is 12.1 Å². The van der Waals surface area contributed by atoms with Crippen LogP contribution in [0.4, 0.5) is 0 Å². The summed E-state index contributed by atoms with van der Waals surface area (Å²) in [6.07, 6.45) is -0.735. The molecule has 2 N–H and O–H groups in total. The maximum atomic E-state index is 12.8. The Bertz CT molecular complexity index is 605. The Labute approximate surface area is 124 Å². The lowest BCUT2D eigenvalue weighted by molar-refractivity contribution is 0.136. The molecule has 1 aliphatic rings. The molecule has 0 bridgehead atoms. The number of nitrogens with zero attached hydrogens (tertiary/aromatic N) is 1. The lowest BCUT2D eigenvalue weighted by Gasteiger charge is -2.26. The Kier molecular flexibility index (Phi) is 4.72. The van der Waals surface area contributed by atoms with Crippen LogP contribution in [0.3, 0.4) is 0 Å². The summed E-state index contributed by atoms with van der Waals surface area (Å²) in [5.74, 6) is 0.663. The lowest BCUT2D eigenvalue weighted by atomic mass is 10.2. The Morgan fingerprint density at radius 1 is 1.29 bits per heavy atom. The number of hydrogen-bond acceptors (Lipinski definition) is 6. The van der Waals surface area contributed by atoms with E-state index in [-0.39, 0.29) is 10.6 Å². The molecular formula is C13H20N2O5S. The van der Waals surface area contributed by atoms with Crippen LogP contribution in [0.1, 0.15) is 0 Å². The number of likely N-dealkylation sites (N-methyl/N-ethyl adjacent to an activating group) is 1. The van der Waals surface area contributed by atoms with Gasteiger partial charge in [0.25, 0.3) is 0 Å². The molecule has 0 unspecified atom stereocenters.